The number of para-hydroxylation sites is 2. The molecule has 4 fully saturated rings. The highest BCUT2D eigenvalue weighted by Gasteiger charge is 2.53. The minimum Gasteiger partial charge on any atom is -0.486 e. The van der Waals surface area contributed by atoms with E-state index >= 15 is 0 Å². The summed E-state index contributed by atoms with van der Waals surface area (Å²) in [5, 5.41) is 5.72. The predicted molar refractivity (Wildman–Crippen MR) is 108 cm³/mol. The first-order chi connectivity index (χ1) is 14.0. The summed E-state index contributed by atoms with van der Waals surface area (Å²) in [7, 11) is 0. The van der Waals surface area contributed by atoms with Gasteiger partial charge in [0, 0.05) is 6.04 Å². The summed E-state index contributed by atoms with van der Waals surface area (Å²) in [6, 6.07) is 7.49. The smallest absolute Gasteiger partial charge is 0.309 e. The Kier molecular flexibility index (Phi) is 4.67. The molecule has 29 heavy (non-hydrogen) atoms. The highest BCUT2D eigenvalue weighted by atomic mass is 16.6. The van der Waals surface area contributed by atoms with Crippen LogP contribution in [0.25, 0.3) is 0 Å². The van der Waals surface area contributed by atoms with Crippen molar-refractivity contribution < 1.29 is 19.1 Å². The van der Waals surface area contributed by atoms with Gasteiger partial charge in [-0.15, -0.1) is 0 Å². The molecule has 0 spiro atoms. The van der Waals surface area contributed by atoms with Crippen molar-refractivity contribution in [3.63, 3.8) is 0 Å². The number of fused-ring (bicyclic) bond motifs is 1. The average molecular weight is 399 g/mol. The number of hydrogen-bond acceptors (Lipinski definition) is 4. The molecule has 5 aliphatic rings. The predicted octanol–water partition coefficient (Wildman–Crippen LogP) is 2.66. The molecule has 156 valence electrons. The monoisotopic (exact) mass is 398 g/mol. The van der Waals surface area contributed by atoms with Gasteiger partial charge in [0.25, 0.3) is 0 Å². The summed E-state index contributed by atoms with van der Waals surface area (Å²) in [5.41, 5.74) is 0.189. The molecular weight excluding hydrogens is 368 g/mol. The summed E-state index contributed by atoms with van der Waals surface area (Å²) in [6.07, 6.45) is 7.41. The Balaban J connectivity index is 1.13. The molecule has 2 N–H and O–H groups in total. The van der Waals surface area contributed by atoms with Gasteiger partial charge < -0.3 is 20.1 Å². The molecule has 6 nitrogen and oxygen atoms in total. The summed E-state index contributed by atoms with van der Waals surface area (Å²) in [5.74, 6) is 2.70. The van der Waals surface area contributed by atoms with Gasteiger partial charge in [-0.2, -0.15) is 0 Å². The average Bonchev–Trinajstić information content (AvgIpc) is 2.70. The quantitative estimate of drug-likeness (QED) is 0.765. The van der Waals surface area contributed by atoms with Crippen molar-refractivity contribution in [2.24, 2.45) is 23.2 Å². The van der Waals surface area contributed by atoms with Crippen molar-refractivity contribution >= 4 is 11.8 Å². The molecule has 0 radical (unpaired) electrons. The van der Waals surface area contributed by atoms with Gasteiger partial charge in [-0.05, 0) is 80.8 Å². The van der Waals surface area contributed by atoms with E-state index in [1.165, 1.54) is 38.5 Å². The first kappa shape index (κ1) is 18.8. The van der Waals surface area contributed by atoms with Crippen LogP contribution in [0.1, 0.15) is 45.4 Å². The maximum absolute atomic E-state index is 12.5. The minimum atomic E-state index is -0.593. The van der Waals surface area contributed by atoms with Crippen LogP contribution in [0.2, 0.25) is 0 Å². The molecule has 2 atom stereocenters. The zero-order valence-corrected chi connectivity index (χ0v) is 17.0. The van der Waals surface area contributed by atoms with Gasteiger partial charge in [0.05, 0.1) is 6.54 Å². The molecule has 1 heterocycles. The van der Waals surface area contributed by atoms with Gasteiger partial charge in [-0.1, -0.05) is 12.1 Å². The third-order valence-corrected chi connectivity index (χ3v) is 7.62. The zero-order valence-electron chi connectivity index (χ0n) is 17.0. The lowest BCUT2D eigenvalue weighted by atomic mass is 9.48. The number of ether oxygens (including phenoxy) is 2. The van der Waals surface area contributed by atoms with Crippen LogP contribution in [0.15, 0.2) is 24.3 Å². The van der Waals surface area contributed by atoms with E-state index in [2.05, 4.69) is 17.6 Å². The van der Waals surface area contributed by atoms with Crippen molar-refractivity contribution in [1.29, 1.82) is 0 Å². The second kappa shape index (κ2) is 7.22. The van der Waals surface area contributed by atoms with E-state index in [1.54, 1.807) is 0 Å². The van der Waals surface area contributed by atoms with Crippen molar-refractivity contribution in [1.82, 2.24) is 10.6 Å². The van der Waals surface area contributed by atoms with Gasteiger partial charge in [0.2, 0.25) is 0 Å². The van der Waals surface area contributed by atoms with E-state index in [1.807, 2.05) is 24.3 Å². The second-order valence-electron chi connectivity index (χ2n) is 9.68. The third kappa shape index (κ3) is 3.58. The third-order valence-electron chi connectivity index (χ3n) is 7.62. The van der Waals surface area contributed by atoms with Crippen LogP contribution in [-0.2, 0) is 9.59 Å². The van der Waals surface area contributed by atoms with Crippen LogP contribution in [-0.4, -0.2) is 37.1 Å². The van der Waals surface area contributed by atoms with Crippen LogP contribution in [0.4, 0.5) is 0 Å². The van der Waals surface area contributed by atoms with Crippen molar-refractivity contribution in [3.8, 4) is 11.5 Å². The minimum absolute atomic E-state index is 0.0373. The number of carbonyl (C=O) groups is 2. The number of nitrogens with one attached hydrogen (secondary N) is 2. The van der Waals surface area contributed by atoms with Crippen molar-refractivity contribution in [3.05, 3.63) is 24.3 Å². The molecule has 2 unspecified atom stereocenters. The molecule has 4 bridgehead atoms. The SMILES string of the molecule is CC(NC(=O)C(=O)NCC1COc2ccccc2O1)C12CC3CC(CC(C3)C1)C2. The highest BCUT2D eigenvalue weighted by molar-refractivity contribution is 6.35. The Morgan fingerprint density at radius 1 is 1.03 bits per heavy atom. The number of amides is 2. The van der Waals surface area contributed by atoms with Gasteiger partial charge in [-0.25, -0.2) is 0 Å². The summed E-state index contributed by atoms with van der Waals surface area (Å²) in [6.45, 7) is 2.68. The summed E-state index contributed by atoms with van der Waals surface area (Å²) in [4.78, 5) is 24.9. The molecule has 0 aromatic heterocycles. The van der Waals surface area contributed by atoms with Crippen LogP contribution in [0.3, 0.4) is 0 Å². The maximum Gasteiger partial charge on any atom is 0.309 e. The Hall–Kier alpha value is -2.24. The fraction of sp³-hybridized carbons (Fsp3) is 0.652. The normalized spacial score (nSPS) is 35.1. The topological polar surface area (TPSA) is 76.7 Å². The van der Waals surface area contributed by atoms with Crippen LogP contribution < -0.4 is 20.1 Å². The molecule has 6 heteroatoms. The highest BCUT2D eigenvalue weighted by Crippen LogP contribution is 2.61. The molecule has 4 aliphatic carbocycles. The molecule has 1 aromatic rings. The fourth-order valence-electron chi connectivity index (χ4n) is 6.57. The molecule has 1 aliphatic heterocycles. The molecular formula is C23H30N2O4. The standard InChI is InChI=1S/C23H30N2O4/c1-14(23-9-15-6-16(10-23)8-17(7-15)11-23)25-22(27)21(26)24-12-18-13-28-19-4-2-3-5-20(19)29-18/h2-5,14-18H,6-13H2,1H3,(H,24,26)(H,25,27). The Bertz CT molecular complexity index is 773. The van der Waals surface area contributed by atoms with Crippen LogP contribution in [0.5, 0.6) is 11.5 Å². The molecule has 6 rings (SSSR count). The Morgan fingerprint density at radius 3 is 2.31 bits per heavy atom. The Labute approximate surface area is 171 Å². The lowest BCUT2D eigenvalue weighted by molar-refractivity contribution is -0.141. The molecule has 2 amide bonds. The lowest BCUT2D eigenvalue weighted by Crippen LogP contribution is -2.57. The van der Waals surface area contributed by atoms with Crippen LogP contribution >= 0.6 is 0 Å². The summed E-state index contributed by atoms with van der Waals surface area (Å²) >= 11 is 0. The molecule has 1 aromatic carbocycles. The maximum atomic E-state index is 12.5. The number of hydrogen-bond donors (Lipinski definition) is 2. The van der Waals surface area contributed by atoms with Gasteiger partial charge in [-0.3, -0.25) is 9.59 Å². The first-order valence-corrected chi connectivity index (χ1v) is 11.0. The van der Waals surface area contributed by atoms with Gasteiger partial charge in [0.15, 0.2) is 11.5 Å². The molecule has 4 saturated carbocycles. The van der Waals surface area contributed by atoms with Crippen LogP contribution in [0, 0.1) is 23.2 Å². The first-order valence-electron chi connectivity index (χ1n) is 11.0. The number of rotatable bonds is 4. The largest absolute Gasteiger partial charge is 0.486 e. The van der Waals surface area contributed by atoms with Crippen molar-refractivity contribution in [2.45, 2.75) is 57.6 Å². The van der Waals surface area contributed by atoms with E-state index in [9.17, 15) is 9.59 Å². The van der Waals surface area contributed by atoms with Gasteiger partial charge >= 0.3 is 11.8 Å². The lowest BCUT2D eigenvalue weighted by Gasteiger charge is -2.59. The number of carbonyl (C=O) groups excluding carboxylic acids is 2. The van der Waals surface area contributed by atoms with Gasteiger partial charge in [0.1, 0.15) is 12.7 Å². The summed E-state index contributed by atoms with van der Waals surface area (Å²) < 4.78 is 11.5. The van der Waals surface area contributed by atoms with E-state index in [0.29, 0.717) is 18.1 Å². The van der Waals surface area contributed by atoms with E-state index in [0.717, 1.165) is 17.8 Å². The Morgan fingerprint density at radius 2 is 1.66 bits per heavy atom. The number of benzene rings is 1. The molecule has 0 saturated heterocycles. The van der Waals surface area contributed by atoms with E-state index in [4.69, 9.17) is 9.47 Å². The van der Waals surface area contributed by atoms with Crippen molar-refractivity contribution in [2.75, 3.05) is 13.2 Å². The zero-order chi connectivity index (χ0) is 20.0. The van der Waals surface area contributed by atoms with E-state index < -0.39 is 11.8 Å². The fourth-order valence-corrected chi connectivity index (χ4v) is 6.57. The second-order valence-corrected chi connectivity index (χ2v) is 9.68. The van der Waals surface area contributed by atoms with E-state index in [-0.39, 0.29) is 24.1 Å².